The Hall–Kier alpha value is -0.120. The van der Waals surface area contributed by atoms with Gasteiger partial charge in [0.1, 0.15) is 0 Å². The van der Waals surface area contributed by atoms with Crippen LogP contribution >= 0.6 is 0 Å². The van der Waals surface area contributed by atoms with Gasteiger partial charge in [-0.05, 0) is 45.8 Å². The van der Waals surface area contributed by atoms with E-state index in [-0.39, 0.29) is 0 Å². The minimum Gasteiger partial charge on any atom is -0.385 e. The van der Waals surface area contributed by atoms with Gasteiger partial charge in [0.25, 0.3) is 0 Å². The molecule has 3 heteroatoms. The Morgan fingerprint density at radius 1 is 1.19 bits per heavy atom. The molecule has 1 N–H and O–H groups in total. The molecule has 0 aliphatic carbocycles. The van der Waals surface area contributed by atoms with Crippen molar-refractivity contribution in [3.8, 4) is 0 Å². The summed E-state index contributed by atoms with van der Waals surface area (Å²) in [5.41, 5.74) is 0. The lowest BCUT2D eigenvalue weighted by molar-refractivity contribution is 0.178. The first-order chi connectivity index (χ1) is 7.74. The van der Waals surface area contributed by atoms with Crippen molar-refractivity contribution in [3.63, 3.8) is 0 Å². The summed E-state index contributed by atoms with van der Waals surface area (Å²) in [6, 6.07) is 0.706. The van der Waals surface area contributed by atoms with E-state index in [0.29, 0.717) is 6.04 Å². The van der Waals surface area contributed by atoms with Crippen LogP contribution in [0, 0.1) is 0 Å². The maximum absolute atomic E-state index is 5.05. The van der Waals surface area contributed by atoms with E-state index in [1.165, 1.54) is 25.8 Å². The number of ether oxygens (including phenoxy) is 1. The highest BCUT2D eigenvalue weighted by atomic mass is 16.5. The molecule has 0 amide bonds. The van der Waals surface area contributed by atoms with Gasteiger partial charge in [0.05, 0.1) is 0 Å². The molecule has 0 aliphatic rings. The number of nitrogens with zero attached hydrogens (tertiary/aromatic N) is 1. The maximum Gasteiger partial charge on any atom is 0.0474 e. The van der Waals surface area contributed by atoms with Crippen LogP contribution in [0.2, 0.25) is 0 Å². The highest BCUT2D eigenvalue weighted by molar-refractivity contribution is 4.64. The molecule has 1 unspecified atom stereocenters. The lowest BCUT2D eigenvalue weighted by atomic mass is 10.1. The fourth-order valence-corrected chi connectivity index (χ4v) is 1.94. The standard InChI is InChI=1S/C13H30N2O/c1-5-13(14-6-2)9-7-10-15(3)11-8-12-16-4/h13-14H,5-12H2,1-4H3. The number of hydrogen-bond acceptors (Lipinski definition) is 3. The van der Waals surface area contributed by atoms with Crippen LogP contribution in [0.15, 0.2) is 0 Å². The van der Waals surface area contributed by atoms with Crippen molar-refractivity contribution in [3.05, 3.63) is 0 Å². The molecule has 0 aromatic rings. The molecule has 0 spiro atoms. The topological polar surface area (TPSA) is 24.5 Å². The van der Waals surface area contributed by atoms with E-state index in [0.717, 1.165) is 26.1 Å². The van der Waals surface area contributed by atoms with Gasteiger partial charge in [-0.25, -0.2) is 0 Å². The van der Waals surface area contributed by atoms with Gasteiger partial charge < -0.3 is 15.0 Å². The van der Waals surface area contributed by atoms with E-state index in [9.17, 15) is 0 Å². The smallest absolute Gasteiger partial charge is 0.0474 e. The van der Waals surface area contributed by atoms with Crippen LogP contribution in [0.5, 0.6) is 0 Å². The zero-order valence-electron chi connectivity index (χ0n) is 11.6. The molecular formula is C13H30N2O. The highest BCUT2D eigenvalue weighted by Gasteiger charge is 2.04. The third-order valence-corrected chi connectivity index (χ3v) is 2.97. The average Bonchev–Trinajstić information content (AvgIpc) is 2.28. The molecule has 1 atom stereocenters. The van der Waals surface area contributed by atoms with Crippen LogP contribution < -0.4 is 5.32 Å². The Morgan fingerprint density at radius 2 is 1.88 bits per heavy atom. The summed E-state index contributed by atoms with van der Waals surface area (Å²) in [6.07, 6.45) is 4.95. The number of nitrogens with one attached hydrogen (secondary N) is 1. The van der Waals surface area contributed by atoms with Gasteiger partial charge in [0.2, 0.25) is 0 Å². The molecule has 0 aromatic carbocycles. The fraction of sp³-hybridized carbons (Fsp3) is 1.00. The quantitative estimate of drug-likeness (QED) is 0.550. The molecule has 0 heterocycles. The van der Waals surface area contributed by atoms with Crippen molar-refractivity contribution < 1.29 is 4.74 Å². The third kappa shape index (κ3) is 9.13. The van der Waals surface area contributed by atoms with Crippen LogP contribution in [0.1, 0.15) is 39.5 Å². The summed E-state index contributed by atoms with van der Waals surface area (Å²) in [6.45, 7) is 8.74. The van der Waals surface area contributed by atoms with Gasteiger partial charge in [0.15, 0.2) is 0 Å². The molecule has 0 saturated carbocycles. The molecule has 0 rings (SSSR count). The SMILES string of the molecule is CCNC(CC)CCCN(C)CCCOC. The zero-order valence-corrected chi connectivity index (χ0v) is 11.6. The molecule has 0 aromatic heterocycles. The van der Waals surface area contributed by atoms with E-state index in [1.807, 2.05) is 0 Å². The van der Waals surface area contributed by atoms with Crippen LogP contribution in [-0.2, 0) is 4.74 Å². The van der Waals surface area contributed by atoms with E-state index in [2.05, 4.69) is 31.1 Å². The molecule has 0 saturated heterocycles. The molecule has 0 aliphatic heterocycles. The van der Waals surface area contributed by atoms with E-state index in [4.69, 9.17) is 4.74 Å². The molecule has 0 fully saturated rings. The van der Waals surface area contributed by atoms with Crippen LogP contribution in [0.25, 0.3) is 0 Å². The first-order valence-corrected chi connectivity index (χ1v) is 6.65. The van der Waals surface area contributed by atoms with E-state index < -0.39 is 0 Å². The lowest BCUT2D eigenvalue weighted by Crippen LogP contribution is -2.29. The van der Waals surface area contributed by atoms with Crippen molar-refractivity contribution in [1.29, 1.82) is 0 Å². The predicted molar refractivity (Wildman–Crippen MR) is 71.0 cm³/mol. The Kier molecular flexibility index (Phi) is 11.3. The summed E-state index contributed by atoms with van der Waals surface area (Å²) in [7, 11) is 3.96. The second-order valence-corrected chi connectivity index (χ2v) is 4.45. The Bertz CT molecular complexity index is 142. The van der Waals surface area contributed by atoms with Crippen molar-refractivity contribution in [2.24, 2.45) is 0 Å². The first kappa shape index (κ1) is 15.9. The largest absolute Gasteiger partial charge is 0.385 e. The molecule has 0 bridgehead atoms. The van der Waals surface area contributed by atoms with Gasteiger partial charge >= 0.3 is 0 Å². The summed E-state index contributed by atoms with van der Waals surface area (Å²) in [4.78, 5) is 2.40. The number of methoxy groups -OCH3 is 1. The van der Waals surface area contributed by atoms with Crippen LogP contribution in [0.4, 0.5) is 0 Å². The lowest BCUT2D eigenvalue weighted by Gasteiger charge is -2.19. The molecule has 98 valence electrons. The van der Waals surface area contributed by atoms with Crippen molar-refractivity contribution >= 4 is 0 Å². The normalized spacial score (nSPS) is 13.3. The summed E-state index contributed by atoms with van der Waals surface area (Å²) >= 11 is 0. The second kappa shape index (κ2) is 11.4. The monoisotopic (exact) mass is 230 g/mol. The minimum absolute atomic E-state index is 0.706. The average molecular weight is 230 g/mol. The molecule has 3 nitrogen and oxygen atoms in total. The number of hydrogen-bond donors (Lipinski definition) is 1. The molecule has 0 radical (unpaired) electrons. The minimum atomic E-state index is 0.706. The summed E-state index contributed by atoms with van der Waals surface area (Å²) < 4.78 is 5.05. The first-order valence-electron chi connectivity index (χ1n) is 6.65. The Morgan fingerprint density at radius 3 is 2.44 bits per heavy atom. The van der Waals surface area contributed by atoms with Crippen molar-refractivity contribution in [1.82, 2.24) is 10.2 Å². The van der Waals surface area contributed by atoms with E-state index in [1.54, 1.807) is 7.11 Å². The van der Waals surface area contributed by atoms with Crippen LogP contribution in [-0.4, -0.2) is 51.3 Å². The van der Waals surface area contributed by atoms with Crippen LogP contribution in [0.3, 0.4) is 0 Å². The van der Waals surface area contributed by atoms with Crippen molar-refractivity contribution in [2.45, 2.75) is 45.6 Å². The summed E-state index contributed by atoms with van der Waals surface area (Å²) in [5.74, 6) is 0. The highest BCUT2D eigenvalue weighted by Crippen LogP contribution is 2.02. The maximum atomic E-state index is 5.05. The zero-order chi connectivity index (χ0) is 12.2. The molecule has 16 heavy (non-hydrogen) atoms. The summed E-state index contributed by atoms with van der Waals surface area (Å²) in [5, 5.41) is 3.52. The Balaban J connectivity index is 3.40. The third-order valence-electron chi connectivity index (χ3n) is 2.97. The van der Waals surface area contributed by atoms with Gasteiger partial charge in [-0.2, -0.15) is 0 Å². The fourth-order valence-electron chi connectivity index (χ4n) is 1.94. The Labute approximate surface area is 102 Å². The van der Waals surface area contributed by atoms with Gasteiger partial charge in [-0.15, -0.1) is 0 Å². The van der Waals surface area contributed by atoms with Gasteiger partial charge in [-0.3, -0.25) is 0 Å². The van der Waals surface area contributed by atoms with Crippen molar-refractivity contribution in [2.75, 3.05) is 40.4 Å². The number of rotatable bonds is 11. The molecular weight excluding hydrogens is 200 g/mol. The van der Waals surface area contributed by atoms with Gasteiger partial charge in [-0.1, -0.05) is 13.8 Å². The second-order valence-electron chi connectivity index (χ2n) is 4.45. The van der Waals surface area contributed by atoms with Gasteiger partial charge in [0, 0.05) is 26.3 Å². The predicted octanol–water partition coefficient (Wildman–Crippen LogP) is 2.12. The van der Waals surface area contributed by atoms with E-state index >= 15 is 0 Å².